The fourth-order valence-corrected chi connectivity index (χ4v) is 5.48. The van der Waals surface area contributed by atoms with Gasteiger partial charge >= 0.3 is 12.1 Å². The molecule has 2 unspecified atom stereocenters. The third-order valence-corrected chi connectivity index (χ3v) is 7.92. The maximum atomic E-state index is 13.0. The molecule has 0 radical (unpaired) electrons. The van der Waals surface area contributed by atoms with E-state index in [-0.39, 0.29) is 23.9 Å². The molecule has 2 aromatic carbocycles. The van der Waals surface area contributed by atoms with Gasteiger partial charge in [-0.1, -0.05) is 0 Å². The molecule has 0 saturated carbocycles. The van der Waals surface area contributed by atoms with Gasteiger partial charge in [-0.2, -0.15) is 0 Å². The van der Waals surface area contributed by atoms with Gasteiger partial charge in [0.2, 0.25) is 5.91 Å². The number of ether oxygens (including phenoxy) is 4. The molecule has 0 spiro atoms. The zero-order chi connectivity index (χ0) is 30.8. The SMILES string of the molecule is CC(=O)Oc1c(C)c(C)c2c(c1C)CCC(C)(COc1ccc(NC(=O)C3CCCN(C(=O)OC(C)(C)C)C3)cc1)O2. The number of esters is 1. The Morgan fingerprint density at radius 3 is 2.40 bits per heavy atom. The second-order valence-electron chi connectivity index (χ2n) is 12.7. The molecule has 42 heavy (non-hydrogen) atoms. The normalized spacial score (nSPS) is 20.2. The summed E-state index contributed by atoms with van der Waals surface area (Å²) >= 11 is 0. The van der Waals surface area contributed by atoms with Gasteiger partial charge in [-0.15, -0.1) is 0 Å². The van der Waals surface area contributed by atoms with Crippen LogP contribution in [0.1, 0.15) is 76.1 Å². The van der Waals surface area contributed by atoms with E-state index in [1.54, 1.807) is 4.90 Å². The summed E-state index contributed by atoms with van der Waals surface area (Å²) in [6.07, 6.45) is 2.62. The van der Waals surface area contributed by atoms with Crippen molar-refractivity contribution in [3.8, 4) is 17.2 Å². The number of carbonyl (C=O) groups excluding carboxylic acids is 3. The monoisotopic (exact) mass is 580 g/mol. The van der Waals surface area contributed by atoms with Crippen molar-refractivity contribution in [1.82, 2.24) is 4.90 Å². The second-order valence-corrected chi connectivity index (χ2v) is 12.7. The molecule has 0 aliphatic carbocycles. The molecule has 1 saturated heterocycles. The Kier molecular flexibility index (Phi) is 9.09. The van der Waals surface area contributed by atoms with E-state index in [1.165, 1.54) is 6.92 Å². The topological polar surface area (TPSA) is 103 Å². The third-order valence-electron chi connectivity index (χ3n) is 7.92. The summed E-state index contributed by atoms with van der Waals surface area (Å²) in [6, 6.07) is 7.28. The van der Waals surface area contributed by atoms with Crippen LogP contribution in [-0.2, 0) is 20.7 Å². The number of fused-ring (bicyclic) bond motifs is 1. The lowest BCUT2D eigenvalue weighted by Gasteiger charge is -2.37. The van der Waals surface area contributed by atoms with Gasteiger partial charge in [0, 0.05) is 31.3 Å². The van der Waals surface area contributed by atoms with Gasteiger partial charge in [0.1, 0.15) is 35.1 Å². The molecule has 2 amide bonds. The highest BCUT2D eigenvalue weighted by Crippen LogP contribution is 2.44. The van der Waals surface area contributed by atoms with Crippen LogP contribution in [-0.4, -0.2) is 53.8 Å². The summed E-state index contributed by atoms with van der Waals surface area (Å²) in [6.45, 7) is 16.1. The number of piperidine rings is 1. The first kappa shape index (κ1) is 31.2. The Morgan fingerprint density at radius 1 is 1.07 bits per heavy atom. The number of rotatable bonds is 6. The Labute approximate surface area is 248 Å². The summed E-state index contributed by atoms with van der Waals surface area (Å²) in [4.78, 5) is 38.7. The molecule has 2 aliphatic heterocycles. The van der Waals surface area contributed by atoms with Crippen LogP contribution in [0.5, 0.6) is 17.2 Å². The van der Waals surface area contributed by atoms with Gasteiger partial charge in [-0.05, 0) is 115 Å². The summed E-state index contributed by atoms with van der Waals surface area (Å²) in [5, 5.41) is 2.97. The maximum absolute atomic E-state index is 13.0. The lowest BCUT2D eigenvalue weighted by Crippen LogP contribution is -2.45. The molecule has 1 fully saturated rings. The van der Waals surface area contributed by atoms with E-state index in [1.807, 2.05) is 72.7 Å². The van der Waals surface area contributed by atoms with E-state index in [0.717, 1.165) is 53.7 Å². The van der Waals surface area contributed by atoms with Crippen LogP contribution >= 0.6 is 0 Å². The molecule has 2 aliphatic rings. The van der Waals surface area contributed by atoms with E-state index in [9.17, 15) is 14.4 Å². The van der Waals surface area contributed by atoms with Gasteiger partial charge < -0.3 is 29.2 Å². The van der Waals surface area contributed by atoms with E-state index in [0.29, 0.717) is 36.9 Å². The van der Waals surface area contributed by atoms with Crippen LogP contribution in [0.2, 0.25) is 0 Å². The summed E-state index contributed by atoms with van der Waals surface area (Å²) in [7, 11) is 0. The number of benzene rings is 2. The van der Waals surface area contributed by atoms with Crippen molar-refractivity contribution in [2.45, 2.75) is 92.3 Å². The molecule has 0 bridgehead atoms. The fourth-order valence-electron chi connectivity index (χ4n) is 5.48. The van der Waals surface area contributed by atoms with Crippen molar-refractivity contribution in [3.05, 3.63) is 46.5 Å². The number of nitrogens with one attached hydrogen (secondary N) is 1. The van der Waals surface area contributed by atoms with Gasteiger partial charge in [0.05, 0.1) is 5.92 Å². The highest BCUT2D eigenvalue weighted by atomic mass is 16.6. The largest absolute Gasteiger partial charge is 0.489 e. The number of likely N-dealkylation sites (tertiary alicyclic amines) is 1. The summed E-state index contributed by atoms with van der Waals surface area (Å²) in [5.41, 5.74) is 3.43. The minimum absolute atomic E-state index is 0.114. The number of amides is 2. The zero-order valence-electron chi connectivity index (χ0n) is 26.1. The van der Waals surface area contributed by atoms with Gasteiger partial charge in [-0.3, -0.25) is 9.59 Å². The summed E-state index contributed by atoms with van der Waals surface area (Å²) in [5.74, 6) is 1.39. The number of nitrogens with zero attached hydrogens (tertiary/aromatic N) is 1. The molecular weight excluding hydrogens is 536 g/mol. The average molecular weight is 581 g/mol. The predicted octanol–water partition coefficient (Wildman–Crippen LogP) is 6.29. The maximum Gasteiger partial charge on any atom is 0.410 e. The molecule has 4 rings (SSSR count). The molecule has 2 heterocycles. The Balaban J connectivity index is 1.34. The van der Waals surface area contributed by atoms with Crippen molar-refractivity contribution in [3.63, 3.8) is 0 Å². The standard InChI is InChI=1S/C33H44N2O7/c1-20-21(2)29-27(22(3)28(20)40-23(4)36)15-16-33(8,41-29)19-39-26-13-11-25(12-14-26)34-30(37)24-10-9-17-35(18-24)31(38)42-32(5,6)7/h11-14,24H,9-10,15-19H2,1-8H3,(H,34,37). The molecule has 0 aromatic heterocycles. The molecule has 1 N–H and O–H groups in total. The van der Waals surface area contributed by atoms with Crippen molar-refractivity contribution in [2.75, 3.05) is 25.0 Å². The van der Waals surface area contributed by atoms with E-state index in [4.69, 9.17) is 18.9 Å². The molecule has 2 atom stereocenters. The van der Waals surface area contributed by atoms with Crippen LogP contribution in [0, 0.1) is 26.7 Å². The first-order valence-corrected chi connectivity index (χ1v) is 14.7. The molecule has 228 valence electrons. The van der Waals surface area contributed by atoms with Crippen molar-refractivity contribution < 1.29 is 33.3 Å². The van der Waals surface area contributed by atoms with Crippen molar-refractivity contribution in [1.29, 1.82) is 0 Å². The number of hydrogen-bond donors (Lipinski definition) is 1. The molecule has 2 aromatic rings. The Bertz CT molecular complexity index is 1350. The van der Waals surface area contributed by atoms with Crippen LogP contribution in [0.3, 0.4) is 0 Å². The number of hydrogen-bond acceptors (Lipinski definition) is 7. The van der Waals surface area contributed by atoms with Crippen LogP contribution in [0.15, 0.2) is 24.3 Å². The van der Waals surface area contributed by atoms with Gasteiger partial charge in [0.25, 0.3) is 0 Å². The van der Waals surface area contributed by atoms with Crippen LogP contribution < -0.4 is 19.5 Å². The zero-order valence-corrected chi connectivity index (χ0v) is 26.1. The van der Waals surface area contributed by atoms with Crippen molar-refractivity contribution in [2.24, 2.45) is 5.92 Å². The average Bonchev–Trinajstić information content (AvgIpc) is 2.93. The van der Waals surface area contributed by atoms with Crippen LogP contribution in [0.4, 0.5) is 10.5 Å². The lowest BCUT2D eigenvalue weighted by atomic mass is 9.87. The van der Waals surface area contributed by atoms with E-state index < -0.39 is 11.2 Å². The Hall–Kier alpha value is -3.75. The van der Waals surface area contributed by atoms with E-state index >= 15 is 0 Å². The summed E-state index contributed by atoms with van der Waals surface area (Å²) < 4.78 is 23.7. The number of anilines is 1. The third kappa shape index (κ3) is 7.36. The highest BCUT2D eigenvalue weighted by Gasteiger charge is 2.36. The molecule has 9 heteroatoms. The van der Waals surface area contributed by atoms with Crippen LogP contribution in [0.25, 0.3) is 0 Å². The first-order chi connectivity index (χ1) is 19.7. The first-order valence-electron chi connectivity index (χ1n) is 14.7. The quantitative estimate of drug-likeness (QED) is 0.317. The minimum atomic E-state index is -0.575. The Morgan fingerprint density at radius 2 is 1.76 bits per heavy atom. The lowest BCUT2D eigenvalue weighted by molar-refractivity contribution is -0.132. The number of carbonyl (C=O) groups is 3. The van der Waals surface area contributed by atoms with Gasteiger partial charge in [0.15, 0.2) is 0 Å². The van der Waals surface area contributed by atoms with E-state index in [2.05, 4.69) is 5.32 Å². The molecule has 9 nitrogen and oxygen atoms in total. The fraction of sp³-hybridized carbons (Fsp3) is 0.545. The highest BCUT2D eigenvalue weighted by molar-refractivity contribution is 5.93. The smallest absolute Gasteiger partial charge is 0.410 e. The predicted molar refractivity (Wildman–Crippen MR) is 160 cm³/mol. The van der Waals surface area contributed by atoms with Crippen molar-refractivity contribution >= 4 is 23.7 Å². The van der Waals surface area contributed by atoms with Gasteiger partial charge in [-0.25, -0.2) is 4.79 Å². The molecular formula is C33H44N2O7. The second kappa shape index (κ2) is 12.2. The minimum Gasteiger partial charge on any atom is -0.489 e.